The molecule has 0 saturated heterocycles. The first-order valence-corrected chi connectivity index (χ1v) is 8.69. The lowest BCUT2D eigenvalue weighted by Crippen LogP contribution is -2.10. The number of nitrogens with zero attached hydrogens (tertiary/aromatic N) is 2. The molecule has 0 aliphatic carbocycles. The van der Waals surface area contributed by atoms with E-state index >= 15 is 0 Å². The molecule has 0 aliphatic heterocycles. The smallest absolute Gasteiger partial charge is 0.341 e. The van der Waals surface area contributed by atoms with Gasteiger partial charge in [-0.25, -0.2) is 9.78 Å². The van der Waals surface area contributed by atoms with Crippen LogP contribution in [-0.2, 0) is 4.79 Å². The van der Waals surface area contributed by atoms with Gasteiger partial charge in [-0.15, -0.1) is 0 Å². The molecule has 0 aliphatic rings. The molecule has 29 heavy (non-hydrogen) atoms. The number of pyridine rings is 1. The minimum absolute atomic E-state index is 0.339. The van der Waals surface area contributed by atoms with Crippen molar-refractivity contribution in [3.63, 3.8) is 0 Å². The van der Waals surface area contributed by atoms with E-state index in [-0.39, 0.29) is 0 Å². The molecule has 0 atom stereocenters. The number of anilines is 2. The summed E-state index contributed by atoms with van der Waals surface area (Å²) < 4.78 is 15.9. The quantitative estimate of drug-likeness (QED) is 0.437. The highest BCUT2D eigenvalue weighted by Crippen LogP contribution is 2.34. The highest BCUT2D eigenvalue weighted by atomic mass is 16.5. The Balaban J connectivity index is 1.72. The second-order valence-corrected chi connectivity index (χ2v) is 6.18. The van der Waals surface area contributed by atoms with Gasteiger partial charge in [0, 0.05) is 22.5 Å². The van der Waals surface area contributed by atoms with Crippen molar-refractivity contribution < 1.29 is 24.1 Å². The summed E-state index contributed by atoms with van der Waals surface area (Å²) in [6.07, 6.45) is 1.74. The summed E-state index contributed by atoms with van der Waals surface area (Å²) in [6.45, 7) is -0.451. The second-order valence-electron chi connectivity index (χ2n) is 6.18. The van der Waals surface area contributed by atoms with E-state index in [1.165, 1.54) is 7.11 Å². The van der Waals surface area contributed by atoms with Gasteiger partial charge in [-0.1, -0.05) is 0 Å². The lowest BCUT2D eigenvalue weighted by atomic mass is 10.1. The molecule has 0 saturated carbocycles. The van der Waals surface area contributed by atoms with E-state index in [4.69, 9.17) is 24.3 Å². The predicted molar refractivity (Wildman–Crippen MR) is 107 cm³/mol. The van der Waals surface area contributed by atoms with E-state index in [0.29, 0.717) is 23.0 Å². The van der Waals surface area contributed by atoms with Crippen molar-refractivity contribution in [1.82, 2.24) is 15.2 Å². The zero-order valence-electron chi connectivity index (χ0n) is 15.7. The van der Waals surface area contributed by atoms with Crippen molar-refractivity contribution >= 4 is 39.3 Å². The first-order chi connectivity index (χ1) is 14.1. The number of carbonyl (C=O) groups is 1. The number of hydrogen-bond acceptors (Lipinski definition) is 7. The van der Waals surface area contributed by atoms with Gasteiger partial charge in [0.1, 0.15) is 11.3 Å². The fraction of sp³-hybridized carbons (Fsp3) is 0.150. The first kappa shape index (κ1) is 18.4. The van der Waals surface area contributed by atoms with Crippen LogP contribution >= 0.6 is 0 Å². The molecule has 4 aromatic rings. The molecule has 2 aromatic carbocycles. The van der Waals surface area contributed by atoms with Gasteiger partial charge in [-0.3, -0.25) is 5.10 Å². The topological polar surface area (TPSA) is 119 Å². The van der Waals surface area contributed by atoms with Crippen molar-refractivity contribution in [2.24, 2.45) is 0 Å². The number of benzene rings is 2. The standard InChI is InChI=1S/C20H18N4O5/c1-27-12-4-5-15-13(8-12)14-9-21-24-19(14)20(23-15)22-11-3-6-16(17(7-11)28-2)29-10-18(25)26/h3-9H,10H2,1-2H3,(H,21,24)(H,22,23)(H,25,26). The lowest BCUT2D eigenvalue weighted by Gasteiger charge is -2.13. The van der Waals surface area contributed by atoms with Gasteiger partial charge < -0.3 is 24.6 Å². The maximum atomic E-state index is 10.7. The van der Waals surface area contributed by atoms with Crippen LogP contribution in [-0.4, -0.2) is 47.1 Å². The van der Waals surface area contributed by atoms with Crippen molar-refractivity contribution in [3.05, 3.63) is 42.6 Å². The number of aromatic nitrogens is 3. The minimum atomic E-state index is -1.06. The van der Waals surface area contributed by atoms with Crippen LogP contribution in [0.25, 0.3) is 21.8 Å². The third kappa shape index (κ3) is 3.57. The van der Waals surface area contributed by atoms with Crippen LogP contribution in [0.1, 0.15) is 0 Å². The Kier molecular flexibility index (Phi) is 4.78. The molecular formula is C20H18N4O5. The number of rotatable bonds is 7. The molecule has 0 spiro atoms. The molecule has 0 unspecified atom stereocenters. The monoisotopic (exact) mass is 394 g/mol. The number of aliphatic carboxylic acids is 1. The molecule has 0 radical (unpaired) electrons. The van der Waals surface area contributed by atoms with E-state index in [1.807, 2.05) is 18.2 Å². The van der Waals surface area contributed by atoms with Crippen LogP contribution in [0.2, 0.25) is 0 Å². The van der Waals surface area contributed by atoms with Gasteiger partial charge in [0.2, 0.25) is 0 Å². The number of carboxylic acids is 1. The van der Waals surface area contributed by atoms with Gasteiger partial charge in [0.05, 0.1) is 25.9 Å². The van der Waals surface area contributed by atoms with Crippen molar-refractivity contribution in [2.45, 2.75) is 0 Å². The van der Waals surface area contributed by atoms with Crippen molar-refractivity contribution in [3.8, 4) is 17.2 Å². The molecule has 0 fully saturated rings. The number of fused-ring (bicyclic) bond motifs is 3. The van der Waals surface area contributed by atoms with Gasteiger partial charge >= 0.3 is 5.97 Å². The Morgan fingerprint density at radius 1 is 1.10 bits per heavy atom. The highest BCUT2D eigenvalue weighted by molar-refractivity contribution is 6.09. The number of methoxy groups -OCH3 is 2. The van der Waals surface area contributed by atoms with E-state index < -0.39 is 12.6 Å². The van der Waals surface area contributed by atoms with Crippen LogP contribution in [0.5, 0.6) is 17.2 Å². The molecule has 3 N–H and O–H groups in total. The van der Waals surface area contributed by atoms with E-state index in [2.05, 4.69) is 15.5 Å². The van der Waals surface area contributed by atoms with Gasteiger partial charge in [-0.05, 0) is 30.3 Å². The van der Waals surface area contributed by atoms with Crippen molar-refractivity contribution in [2.75, 3.05) is 26.1 Å². The number of aromatic amines is 1. The van der Waals surface area contributed by atoms with Crippen molar-refractivity contribution in [1.29, 1.82) is 0 Å². The Labute approximate surface area is 165 Å². The third-order valence-electron chi connectivity index (χ3n) is 4.38. The van der Waals surface area contributed by atoms with Gasteiger partial charge in [0.15, 0.2) is 23.9 Å². The van der Waals surface area contributed by atoms with E-state index in [1.54, 1.807) is 31.5 Å². The van der Waals surface area contributed by atoms with Crippen LogP contribution in [0, 0.1) is 0 Å². The summed E-state index contributed by atoms with van der Waals surface area (Å²) in [6, 6.07) is 10.8. The average Bonchev–Trinajstić information content (AvgIpc) is 3.23. The van der Waals surface area contributed by atoms with Crippen LogP contribution in [0.15, 0.2) is 42.6 Å². The second kappa shape index (κ2) is 7.55. The number of ether oxygens (including phenoxy) is 3. The summed E-state index contributed by atoms with van der Waals surface area (Å²) in [5, 5.41) is 21.0. The summed E-state index contributed by atoms with van der Waals surface area (Å²) >= 11 is 0. The molecule has 9 heteroatoms. The highest BCUT2D eigenvalue weighted by Gasteiger charge is 2.13. The molecule has 4 rings (SSSR count). The third-order valence-corrected chi connectivity index (χ3v) is 4.38. The fourth-order valence-corrected chi connectivity index (χ4v) is 3.03. The predicted octanol–water partition coefficient (Wildman–Crippen LogP) is 3.34. The maximum Gasteiger partial charge on any atom is 0.341 e. The Morgan fingerprint density at radius 3 is 2.72 bits per heavy atom. The molecule has 9 nitrogen and oxygen atoms in total. The first-order valence-electron chi connectivity index (χ1n) is 8.69. The zero-order chi connectivity index (χ0) is 20.4. The molecule has 2 heterocycles. The molecule has 0 bridgehead atoms. The Bertz CT molecular complexity index is 1200. The van der Waals surface area contributed by atoms with Crippen LogP contribution in [0.4, 0.5) is 11.5 Å². The zero-order valence-corrected chi connectivity index (χ0v) is 15.7. The van der Waals surface area contributed by atoms with Crippen LogP contribution in [0.3, 0.4) is 0 Å². The van der Waals surface area contributed by atoms with E-state index in [0.717, 1.165) is 27.6 Å². The molecule has 148 valence electrons. The normalized spacial score (nSPS) is 10.8. The summed E-state index contributed by atoms with van der Waals surface area (Å²) in [5.41, 5.74) is 2.23. The Morgan fingerprint density at radius 2 is 1.97 bits per heavy atom. The number of carboxylic acid groups (broad SMARTS) is 1. The summed E-state index contributed by atoms with van der Waals surface area (Å²) in [7, 11) is 3.11. The minimum Gasteiger partial charge on any atom is -0.497 e. The van der Waals surface area contributed by atoms with E-state index in [9.17, 15) is 4.79 Å². The van der Waals surface area contributed by atoms with Gasteiger partial charge in [-0.2, -0.15) is 5.10 Å². The maximum absolute atomic E-state index is 10.7. The summed E-state index contributed by atoms with van der Waals surface area (Å²) in [5.74, 6) is 1.02. The molecule has 0 amide bonds. The SMILES string of the molecule is COc1ccc2nc(Nc3ccc(OCC(=O)O)c(OC)c3)c3[nH]ncc3c2c1. The Hall–Kier alpha value is -4.01. The average molecular weight is 394 g/mol. The number of nitrogens with one attached hydrogen (secondary N) is 2. The molecular weight excluding hydrogens is 376 g/mol. The van der Waals surface area contributed by atoms with Gasteiger partial charge in [0.25, 0.3) is 0 Å². The molecule has 2 aromatic heterocycles. The summed E-state index contributed by atoms with van der Waals surface area (Å²) in [4.78, 5) is 15.4. The number of hydrogen-bond donors (Lipinski definition) is 3. The lowest BCUT2D eigenvalue weighted by molar-refractivity contribution is -0.139. The fourth-order valence-electron chi connectivity index (χ4n) is 3.03. The van der Waals surface area contributed by atoms with Crippen LogP contribution < -0.4 is 19.5 Å². The number of H-pyrrole nitrogens is 1. The largest absolute Gasteiger partial charge is 0.497 e.